The van der Waals surface area contributed by atoms with Crippen LogP contribution < -0.4 is 16.2 Å². The topological polar surface area (TPSA) is 96.1 Å². The summed E-state index contributed by atoms with van der Waals surface area (Å²) in [5.74, 6) is -0.281. The number of aromatic amines is 1. The normalized spacial score (nSPS) is 16.2. The Morgan fingerprint density at radius 2 is 1.96 bits per heavy atom. The molecule has 1 saturated heterocycles. The highest BCUT2D eigenvalue weighted by Gasteiger charge is 2.32. The van der Waals surface area contributed by atoms with Gasteiger partial charge in [-0.2, -0.15) is 5.10 Å². The predicted octanol–water partition coefficient (Wildman–Crippen LogP) is 1.09. The van der Waals surface area contributed by atoms with Crippen LogP contribution in [0.5, 0.6) is 0 Å². The molecule has 1 fully saturated rings. The molecule has 3 rings (SSSR count). The number of amides is 1. The number of carbonyl (C=O) groups is 1. The first-order valence-electron chi connectivity index (χ1n) is 8.10. The summed E-state index contributed by atoms with van der Waals surface area (Å²) in [6, 6.07) is 6.98. The maximum atomic E-state index is 12.6. The molecular formula is C17H23ClN4O3. The summed E-state index contributed by atoms with van der Waals surface area (Å²) in [6.45, 7) is 2.96. The molecule has 0 atom stereocenters. The van der Waals surface area contributed by atoms with Crippen molar-refractivity contribution in [3.8, 4) is 0 Å². The molecule has 0 aliphatic carbocycles. The summed E-state index contributed by atoms with van der Waals surface area (Å²) in [5, 5.41) is 13.7. The number of carbonyl (C=O) groups excluding carboxylic acids is 1. The van der Waals surface area contributed by atoms with E-state index in [9.17, 15) is 9.59 Å². The molecular weight excluding hydrogens is 344 g/mol. The largest absolute Gasteiger partial charge is 0.384 e. The first-order valence-corrected chi connectivity index (χ1v) is 8.10. The van der Waals surface area contributed by atoms with E-state index >= 15 is 0 Å². The molecule has 2 heterocycles. The minimum Gasteiger partial charge on any atom is -0.384 e. The van der Waals surface area contributed by atoms with Gasteiger partial charge in [0.25, 0.3) is 11.5 Å². The minimum atomic E-state index is -0.295. The van der Waals surface area contributed by atoms with Gasteiger partial charge in [0.2, 0.25) is 0 Å². The number of benzene rings is 1. The summed E-state index contributed by atoms with van der Waals surface area (Å²) in [7, 11) is 1.68. The molecule has 2 aromatic rings. The lowest BCUT2D eigenvalue weighted by Crippen LogP contribution is -2.47. The molecule has 25 heavy (non-hydrogen) atoms. The number of hydrogen-bond donors (Lipinski definition) is 3. The number of ether oxygens (including phenoxy) is 1. The van der Waals surface area contributed by atoms with Crippen LogP contribution in [-0.4, -0.2) is 49.5 Å². The number of fused-ring (bicyclic) bond motifs is 1. The fourth-order valence-corrected chi connectivity index (χ4v) is 3.27. The van der Waals surface area contributed by atoms with Crippen LogP contribution in [0.3, 0.4) is 0 Å². The molecule has 7 nitrogen and oxygen atoms in total. The molecule has 1 aliphatic heterocycles. The number of halogens is 1. The Morgan fingerprint density at radius 3 is 2.64 bits per heavy atom. The van der Waals surface area contributed by atoms with Gasteiger partial charge in [-0.25, -0.2) is 5.10 Å². The number of methoxy groups -OCH3 is 1. The monoisotopic (exact) mass is 366 g/mol. The zero-order valence-corrected chi connectivity index (χ0v) is 14.9. The van der Waals surface area contributed by atoms with Crippen molar-refractivity contribution in [2.45, 2.75) is 12.8 Å². The van der Waals surface area contributed by atoms with E-state index in [-0.39, 0.29) is 35.0 Å². The van der Waals surface area contributed by atoms with Gasteiger partial charge in [0, 0.05) is 24.5 Å². The Kier molecular flexibility index (Phi) is 6.52. The van der Waals surface area contributed by atoms with Crippen molar-refractivity contribution in [1.82, 2.24) is 20.8 Å². The quantitative estimate of drug-likeness (QED) is 0.736. The van der Waals surface area contributed by atoms with Crippen molar-refractivity contribution < 1.29 is 9.53 Å². The molecule has 0 bridgehead atoms. The Balaban J connectivity index is 0.00000225. The highest BCUT2D eigenvalue weighted by molar-refractivity contribution is 6.04. The smallest absolute Gasteiger partial charge is 0.272 e. The van der Waals surface area contributed by atoms with E-state index in [1.165, 1.54) is 0 Å². The average Bonchev–Trinajstić information content (AvgIpc) is 2.61. The molecule has 0 radical (unpaired) electrons. The molecule has 1 aromatic heterocycles. The van der Waals surface area contributed by atoms with Gasteiger partial charge in [-0.1, -0.05) is 18.2 Å². The van der Waals surface area contributed by atoms with Crippen LogP contribution in [-0.2, 0) is 4.74 Å². The third-order valence-corrected chi connectivity index (χ3v) is 4.65. The summed E-state index contributed by atoms with van der Waals surface area (Å²) in [5.41, 5.74) is -0.115. The van der Waals surface area contributed by atoms with Crippen LogP contribution >= 0.6 is 12.4 Å². The van der Waals surface area contributed by atoms with E-state index in [1.54, 1.807) is 31.4 Å². The fraction of sp³-hybridized carbons (Fsp3) is 0.471. The van der Waals surface area contributed by atoms with Crippen molar-refractivity contribution in [2.24, 2.45) is 5.41 Å². The Bertz CT molecular complexity index is 781. The van der Waals surface area contributed by atoms with Gasteiger partial charge < -0.3 is 15.4 Å². The van der Waals surface area contributed by atoms with Crippen LogP contribution in [0.25, 0.3) is 10.8 Å². The van der Waals surface area contributed by atoms with Crippen LogP contribution in [0.15, 0.2) is 29.1 Å². The number of nitrogens with one attached hydrogen (secondary N) is 3. The number of nitrogens with zero attached hydrogens (tertiary/aromatic N) is 1. The Labute approximate surface area is 151 Å². The van der Waals surface area contributed by atoms with E-state index in [0.29, 0.717) is 23.9 Å². The van der Waals surface area contributed by atoms with E-state index in [2.05, 4.69) is 20.8 Å². The van der Waals surface area contributed by atoms with Crippen molar-refractivity contribution in [3.63, 3.8) is 0 Å². The zero-order valence-electron chi connectivity index (χ0n) is 14.1. The van der Waals surface area contributed by atoms with Crippen LogP contribution in [0, 0.1) is 5.41 Å². The first kappa shape index (κ1) is 19.4. The minimum absolute atomic E-state index is 0. The molecule has 1 amide bonds. The predicted molar refractivity (Wildman–Crippen MR) is 98.4 cm³/mol. The maximum Gasteiger partial charge on any atom is 0.272 e. The molecule has 136 valence electrons. The van der Waals surface area contributed by atoms with Crippen molar-refractivity contribution in [1.29, 1.82) is 0 Å². The maximum absolute atomic E-state index is 12.6. The van der Waals surface area contributed by atoms with E-state index in [4.69, 9.17) is 4.74 Å². The standard InChI is InChI=1S/C17H22N4O3.ClH/c1-24-11-17(6-8-18-9-7-17)10-19-16(23)14-12-4-2-3-5-13(12)15(22)21-20-14;/h2-5,18H,6-11H2,1H3,(H,19,23)(H,21,22);1H. The lowest BCUT2D eigenvalue weighted by molar-refractivity contribution is 0.0511. The van der Waals surface area contributed by atoms with Crippen LogP contribution in [0.1, 0.15) is 23.3 Å². The van der Waals surface area contributed by atoms with Gasteiger partial charge in [0.1, 0.15) is 0 Å². The highest BCUT2D eigenvalue weighted by atomic mass is 35.5. The van der Waals surface area contributed by atoms with Gasteiger partial charge in [-0.05, 0) is 32.0 Å². The van der Waals surface area contributed by atoms with Gasteiger partial charge in [0.15, 0.2) is 5.69 Å². The molecule has 0 saturated carbocycles. The molecule has 0 unspecified atom stereocenters. The molecule has 8 heteroatoms. The third-order valence-electron chi connectivity index (χ3n) is 4.65. The third kappa shape index (κ3) is 4.18. The van der Waals surface area contributed by atoms with Crippen LogP contribution in [0.4, 0.5) is 0 Å². The van der Waals surface area contributed by atoms with E-state index < -0.39 is 0 Å². The SMILES string of the molecule is COCC1(CNC(=O)c2n[nH]c(=O)c3ccccc23)CCNCC1.Cl. The average molecular weight is 367 g/mol. The summed E-state index contributed by atoms with van der Waals surface area (Å²) >= 11 is 0. The zero-order chi connectivity index (χ0) is 17.0. The second-order valence-electron chi connectivity index (χ2n) is 6.31. The molecule has 1 aliphatic rings. The lowest BCUT2D eigenvalue weighted by atomic mass is 9.79. The lowest BCUT2D eigenvalue weighted by Gasteiger charge is -2.37. The van der Waals surface area contributed by atoms with Gasteiger partial charge in [-0.15, -0.1) is 12.4 Å². The van der Waals surface area contributed by atoms with Gasteiger partial charge >= 0.3 is 0 Å². The number of piperidine rings is 1. The van der Waals surface area contributed by atoms with Gasteiger partial charge in [0.05, 0.1) is 12.0 Å². The first-order chi connectivity index (χ1) is 11.7. The van der Waals surface area contributed by atoms with E-state index in [0.717, 1.165) is 25.9 Å². The van der Waals surface area contributed by atoms with E-state index in [1.807, 2.05) is 0 Å². The number of hydrogen-bond acceptors (Lipinski definition) is 5. The number of H-pyrrole nitrogens is 1. The summed E-state index contributed by atoms with van der Waals surface area (Å²) < 4.78 is 5.37. The fourth-order valence-electron chi connectivity index (χ4n) is 3.27. The molecule has 0 spiro atoms. The Hall–Kier alpha value is -1.96. The second-order valence-corrected chi connectivity index (χ2v) is 6.31. The van der Waals surface area contributed by atoms with Crippen molar-refractivity contribution in [2.75, 3.05) is 33.4 Å². The number of rotatable bonds is 5. The highest BCUT2D eigenvalue weighted by Crippen LogP contribution is 2.28. The number of aromatic nitrogens is 2. The Morgan fingerprint density at radius 1 is 1.28 bits per heavy atom. The molecule has 1 aromatic carbocycles. The summed E-state index contributed by atoms with van der Waals surface area (Å²) in [4.78, 5) is 24.4. The summed E-state index contributed by atoms with van der Waals surface area (Å²) in [6.07, 6.45) is 1.89. The van der Waals surface area contributed by atoms with Crippen LogP contribution in [0.2, 0.25) is 0 Å². The van der Waals surface area contributed by atoms with Crippen molar-refractivity contribution in [3.05, 3.63) is 40.3 Å². The second kappa shape index (κ2) is 8.42. The van der Waals surface area contributed by atoms with Crippen molar-refractivity contribution >= 4 is 29.1 Å². The van der Waals surface area contributed by atoms with Gasteiger partial charge in [-0.3, -0.25) is 9.59 Å². The molecule has 3 N–H and O–H groups in total.